The predicted molar refractivity (Wildman–Crippen MR) is 134 cm³/mol. The Balaban J connectivity index is -0.000000395. The lowest BCUT2D eigenvalue weighted by Gasteiger charge is -2.19. The molecule has 0 fully saturated rings. The zero-order valence-corrected chi connectivity index (χ0v) is 25.7. The molecular weight excluding hydrogens is 452 g/mol. The van der Waals surface area contributed by atoms with Crippen LogP contribution in [-0.4, -0.2) is 118 Å². The third kappa shape index (κ3) is 24.7. The Kier molecular flexibility index (Phi) is 31.3. The maximum atomic E-state index is 8.79. The molecule has 0 amide bonds. The van der Waals surface area contributed by atoms with Gasteiger partial charge < -0.3 is 43.5 Å². The first-order valence-corrected chi connectivity index (χ1v) is 13.2. The lowest BCUT2D eigenvalue weighted by atomic mass is 10.3. The van der Waals surface area contributed by atoms with Gasteiger partial charge in [0.15, 0.2) is 0 Å². The van der Waals surface area contributed by atoms with Crippen LogP contribution in [0.25, 0.3) is 0 Å². The molecule has 0 radical (unpaired) electrons. The van der Waals surface area contributed by atoms with Gasteiger partial charge in [-0.15, -0.1) is 0 Å². The summed E-state index contributed by atoms with van der Waals surface area (Å²) < 4.78 is 26.2. The van der Waals surface area contributed by atoms with Crippen molar-refractivity contribution in [1.29, 1.82) is 0 Å². The Morgan fingerprint density at radius 1 is 0.531 bits per heavy atom. The zero-order chi connectivity index (χ0) is 25.4. The topological polar surface area (TPSA) is 127 Å². The van der Waals surface area contributed by atoms with Gasteiger partial charge in [-0.1, -0.05) is 20.8 Å². The van der Waals surface area contributed by atoms with Crippen molar-refractivity contribution in [2.24, 2.45) is 0 Å². The first kappa shape index (κ1) is 36.6. The van der Waals surface area contributed by atoms with E-state index in [0.29, 0.717) is 13.2 Å². The van der Waals surface area contributed by atoms with Crippen LogP contribution in [0, 0.1) is 0 Å². The standard InChI is InChI=1S/2C7H18O3Si.C7H16O3/c1-3-7(4-8)10-6(2)5-9-11;1-3-7(5-9-11)10-6(2)4-8;1-3-7(5-9)10-6(2)4-8/h2*6-8H,3-5H2,1-2,11H3;6-9H,3-5H2,1-2H3/t3*6-,7+/m000/s1. The Morgan fingerprint density at radius 2 is 0.875 bits per heavy atom. The third-order valence-electron chi connectivity index (χ3n) is 4.32. The molecule has 0 aliphatic heterocycles. The van der Waals surface area contributed by atoms with Gasteiger partial charge in [-0.05, 0) is 40.0 Å². The van der Waals surface area contributed by atoms with Crippen molar-refractivity contribution >= 4 is 21.0 Å². The quantitative estimate of drug-likeness (QED) is 0.186. The molecule has 0 saturated heterocycles. The van der Waals surface area contributed by atoms with Gasteiger partial charge in [0.05, 0.1) is 76.3 Å². The van der Waals surface area contributed by atoms with Crippen molar-refractivity contribution in [2.75, 3.05) is 39.6 Å². The molecule has 0 aromatic heterocycles. The molecule has 0 unspecified atom stereocenters. The Hall–Kier alpha value is 0.0738. The van der Waals surface area contributed by atoms with Gasteiger partial charge in [-0.2, -0.15) is 0 Å². The van der Waals surface area contributed by atoms with E-state index in [1.165, 1.54) is 0 Å². The molecule has 0 saturated carbocycles. The maximum absolute atomic E-state index is 8.79. The van der Waals surface area contributed by atoms with E-state index in [9.17, 15) is 0 Å². The van der Waals surface area contributed by atoms with Gasteiger partial charge >= 0.3 is 0 Å². The Labute approximate surface area is 201 Å². The molecule has 0 aliphatic rings. The van der Waals surface area contributed by atoms with Crippen LogP contribution in [0.4, 0.5) is 0 Å². The van der Waals surface area contributed by atoms with Crippen LogP contribution in [0.2, 0.25) is 0 Å². The second-order valence-corrected chi connectivity index (χ2v) is 8.73. The SMILES string of the molecule is CC[C@H](CO)O[C@@H](C)CO.CC[C@H](CO)O[C@@H](C)CO[SiH3].CC[C@H](CO[SiH3])O[C@@H](C)CO. The maximum Gasteiger partial charge on any atom is 0.146 e. The van der Waals surface area contributed by atoms with Crippen molar-refractivity contribution in [2.45, 2.75) is 97.4 Å². The van der Waals surface area contributed by atoms with E-state index in [4.69, 9.17) is 43.5 Å². The molecule has 0 aliphatic carbocycles. The molecule has 198 valence electrons. The number of aliphatic hydroxyl groups is 4. The summed E-state index contributed by atoms with van der Waals surface area (Å²) in [5.41, 5.74) is 0. The first-order valence-electron chi connectivity index (χ1n) is 11.6. The fourth-order valence-electron chi connectivity index (χ4n) is 2.32. The summed E-state index contributed by atoms with van der Waals surface area (Å²) in [6, 6.07) is 0. The van der Waals surface area contributed by atoms with Gasteiger partial charge in [-0.25, -0.2) is 0 Å². The van der Waals surface area contributed by atoms with Crippen molar-refractivity contribution in [3.63, 3.8) is 0 Å². The minimum atomic E-state index is -0.169. The molecule has 0 bridgehead atoms. The molecule has 32 heavy (non-hydrogen) atoms. The smallest absolute Gasteiger partial charge is 0.146 e. The third-order valence-corrected chi connectivity index (χ3v) is 4.98. The van der Waals surface area contributed by atoms with Crippen molar-refractivity contribution in [3.8, 4) is 0 Å². The summed E-state index contributed by atoms with van der Waals surface area (Å²) in [6.07, 6.45) is 2.42. The average Bonchev–Trinajstić information content (AvgIpc) is 2.81. The molecule has 4 N–H and O–H groups in total. The minimum absolute atomic E-state index is 0.0104. The molecule has 0 aromatic carbocycles. The molecule has 9 nitrogen and oxygen atoms in total. The summed E-state index contributed by atoms with van der Waals surface area (Å²) in [5.74, 6) is 0. The average molecular weight is 505 g/mol. The minimum Gasteiger partial charge on any atom is -0.425 e. The largest absolute Gasteiger partial charge is 0.425 e. The van der Waals surface area contributed by atoms with E-state index < -0.39 is 0 Å². The predicted octanol–water partition coefficient (Wildman–Crippen LogP) is -0.926. The normalized spacial score (nSPS) is 16.7. The summed E-state index contributed by atoms with van der Waals surface area (Å²) in [7, 11) is 1.50. The highest BCUT2D eigenvalue weighted by Gasteiger charge is 2.10. The van der Waals surface area contributed by atoms with Crippen LogP contribution in [0.1, 0.15) is 60.8 Å². The highest BCUT2D eigenvalue weighted by Crippen LogP contribution is 2.03. The lowest BCUT2D eigenvalue weighted by Crippen LogP contribution is -2.25. The Bertz CT molecular complexity index is 349. The summed E-state index contributed by atoms with van der Waals surface area (Å²) in [6.45, 7) is 13.1. The Morgan fingerprint density at radius 3 is 1.16 bits per heavy atom. The van der Waals surface area contributed by atoms with Gasteiger partial charge in [0.2, 0.25) is 0 Å². The van der Waals surface area contributed by atoms with E-state index >= 15 is 0 Å². The van der Waals surface area contributed by atoms with E-state index in [0.717, 1.165) is 40.2 Å². The van der Waals surface area contributed by atoms with Gasteiger partial charge in [-0.3, -0.25) is 0 Å². The summed E-state index contributed by atoms with van der Waals surface area (Å²) >= 11 is 0. The first-order chi connectivity index (χ1) is 15.2. The molecule has 0 heterocycles. The van der Waals surface area contributed by atoms with Crippen LogP contribution in [0.5, 0.6) is 0 Å². The van der Waals surface area contributed by atoms with Gasteiger partial charge in [0.1, 0.15) is 21.0 Å². The van der Waals surface area contributed by atoms with E-state index in [1.54, 1.807) is 6.92 Å². The van der Waals surface area contributed by atoms with Crippen LogP contribution in [0.3, 0.4) is 0 Å². The van der Waals surface area contributed by atoms with E-state index in [2.05, 4.69) is 6.92 Å². The molecule has 0 aromatic rings. The van der Waals surface area contributed by atoms with E-state index in [1.807, 2.05) is 27.7 Å². The van der Waals surface area contributed by atoms with Crippen LogP contribution in [-0.2, 0) is 23.1 Å². The number of aliphatic hydroxyl groups excluding tert-OH is 4. The summed E-state index contributed by atoms with van der Waals surface area (Å²) in [5, 5.41) is 34.7. The van der Waals surface area contributed by atoms with E-state index in [-0.39, 0.29) is 63.1 Å². The monoisotopic (exact) mass is 504 g/mol. The summed E-state index contributed by atoms with van der Waals surface area (Å²) in [4.78, 5) is 0. The van der Waals surface area contributed by atoms with Gasteiger partial charge in [0, 0.05) is 0 Å². The fourth-order valence-corrected chi connectivity index (χ4v) is 3.16. The van der Waals surface area contributed by atoms with Crippen LogP contribution >= 0.6 is 0 Å². The zero-order valence-electron chi connectivity index (χ0n) is 21.7. The molecule has 0 spiro atoms. The molecular formula is C21H52O9Si2. The van der Waals surface area contributed by atoms with Crippen LogP contribution < -0.4 is 0 Å². The molecule has 6 atom stereocenters. The van der Waals surface area contributed by atoms with Crippen molar-refractivity contribution < 1.29 is 43.5 Å². The number of ether oxygens (including phenoxy) is 3. The second kappa shape index (κ2) is 27.3. The van der Waals surface area contributed by atoms with Crippen molar-refractivity contribution in [3.05, 3.63) is 0 Å². The van der Waals surface area contributed by atoms with Crippen LogP contribution in [0.15, 0.2) is 0 Å². The fraction of sp³-hybridized carbons (Fsp3) is 1.00. The highest BCUT2D eigenvalue weighted by molar-refractivity contribution is 5.98. The van der Waals surface area contributed by atoms with Crippen molar-refractivity contribution in [1.82, 2.24) is 0 Å². The number of hydrogen-bond donors (Lipinski definition) is 4. The molecule has 0 rings (SSSR count). The highest BCUT2D eigenvalue weighted by atomic mass is 28.2. The lowest BCUT2D eigenvalue weighted by molar-refractivity contribution is -0.0525. The molecule has 11 heteroatoms. The second-order valence-electron chi connectivity index (χ2n) is 7.57. The number of hydrogen-bond acceptors (Lipinski definition) is 9. The van der Waals surface area contributed by atoms with Gasteiger partial charge in [0.25, 0.3) is 0 Å². The number of rotatable bonds is 17.